The van der Waals surface area contributed by atoms with Gasteiger partial charge in [-0.3, -0.25) is 4.79 Å². The second-order valence-corrected chi connectivity index (χ2v) is 7.27. The van der Waals surface area contributed by atoms with Gasteiger partial charge in [0.05, 0.1) is 29.7 Å². The molecule has 0 saturated heterocycles. The maximum Gasteiger partial charge on any atom is 0.291 e. The molecule has 140 valence electrons. The predicted molar refractivity (Wildman–Crippen MR) is 103 cm³/mol. The lowest BCUT2D eigenvalue weighted by molar-refractivity contribution is 0.632. The zero-order valence-corrected chi connectivity index (χ0v) is 15.5. The van der Waals surface area contributed by atoms with E-state index in [-0.39, 0.29) is 18.1 Å². The van der Waals surface area contributed by atoms with Gasteiger partial charge >= 0.3 is 0 Å². The average Bonchev–Trinajstić information content (AvgIpc) is 3.37. The Morgan fingerprint density at radius 1 is 1.21 bits per heavy atom. The summed E-state index contributed by atoms with van der Waals surface area (Å²) in [5, 5.41) is 10.1. The fourth-order valence-electron chi connectivity index (χ4n) is 3.12. The van der Waals surface area contributed by atoms with E-state index < -0.39 is 0 Å². The van der Waals surface area contributed by atoms with Crippen molar-refractivity contribution in [3.8, 4) is 0 Å². The fourth-order valence-corrected chi connectivity index (χ4v) is 4.22. The zero-order chi connectivity index (χ0) is 19.3. The summed E-state index contributed by atoms with van der Waals surface area (Å²) in [7, 11) is 1.83. The lowest BCUT2D eigenvalue weighted by Gasteiger charge is -2.05. The summed E-state index contributed by atoms with van der Waals surface area (Å²) in [5.74, 6) is 0.162. The Labute approximate surface area is 161 Å². The molecule has 0 spiro atoms. The molecule has 0 unspecified atom stereocenters. The number of hydrogen-bond donors (Lipinski definition) is 1. The van der Waals surface area contributed by atoms with Crippen molar-refractivity contribution in [3.05, 3.63) is 52.2 Å². The van der Waals surface area contributed by atoms with Crippen molar-refractivity contribution in [3.63, 3.8) is 0 Å². The number of thiazole rings is 1. The molecular weight excluding hydrogens is 380 g/mol. The fraction of sp³-hybridized carbons (Fsp3) is 0.188. The minimum absolute atomic E-state index is 0.162. The molecule has 0 aliphatic rings. The van der Waals surface area contributed by atoms with Gasteiger partial charge in [-0.25, -0.2) is 29.3 Å². The molecule has 11 nitrogen and oxygen atoms in total. The molecule has 5 aromatic heterocycles. The van der Waals surface area contributed by atoms with Gasteiger partial charge in [-0.05, 0) is 6.07 Å². The maximum atomic E-state index is 13.0. The molecular formula is C16H14N10OS. The van der Waals surface area contributed by atoms with Crippen LogP contribution in [-0.4, -0.2) is 44.1 Å². The molecule has 12 heteroatoms. The molecule has 0 aromatic carbocycles. The Hall–Kier alpha value is -3.67. The standard InChI is InChI=1S/C16H14N10OS/c1-24-12-10(13-14(24)23-11(28-13)6-25-8-18-7-21-25)4-20-26(15(12)27)5-9-2-3-19-16(17)22-9/h2-4,7-8H,5-6H2,1H3,(H2,17,19,22). The normalized spacial score (nSPS) is 11.6. The summed E-state index contributed by atoms with van der Waals surface area (Å²) in [6, 6.07) is 1.70. The highest BCUT2D eigenvalue weighted by molar-refractivity contribution is 7.19. The van der Waals surface area contributed by atoms with Crippen LogP contribution < -0.4 is 11.3 Å². The Kier molecular flexibility index (Phi) is 3.65. The van der Waals surface area contributed by atoms with Crippen LogP contribution in [0.5, 0.6) is 0 Å². The van der Waals surface area contributed by atoms with Gasteiger partial charge in [-0.15, -0.1) is 11.3 Å². The Morgan fingerprint density at radius 3 is 2.89 bits per heavy atom. The van der Waals surface area contributed by atoms with E-state index in [1.54, 1.807) is 34.0 Å². The number of hydrogen-bond acceptors (Lipinski definition) is 9. The summed E-state index contributed by atoms with van der Waals surface area (Å²) in [4.78, 5) is 29.6. The van der Waals surface area contributed by atoms with Crippen LogP contribution >= 0.6 is 11.3 Å². The summed E-state index contributed by atoms with van der Waals surface area (Å²) in [6.07, 6.45) is 6.38. The van der Waals surface area contributed by atoms with Crippen molar-refractivity contribution < 1.29 is 0 Å². The molecule has 0 fully saturated rings. The van der Waals surface area contributed by atoms with Gasteiger partial charge in [0.1, 0.15) is 23.2 Å². The van der Waals surface area contributed by atoms with E-state index in [0.717, 1.165) is 20.7 Å². The second kappa shape index (κ2) is 6.20. The number of aryl methyl sites for hydroxylation is 1. The minimum Gasteiger partial charge on any atom is -0.368 e. The molecule has 0 saturated carbocycles. The third kappa shape index (κ3) is 2.62. The molecule has 0 radical (unpaired) electrons. The highest BCUT2D eigenvalue weighted by Crippen LogP contribution is 2.30. The van der Waals surface area contributed by atoms with E-state index in [2.05, 4.69) is 30.1 Å². The zero-order valence-electron chi connectivity index (χ0n) is 14.7. The molecule has 5 aromatic rings. The van der Waals surface area contributed by atoms with Crippen molar-refractivity contribution in [2.45, 2.75) is 13.1 Å². The molecule has 28 heavy (non-hydrogen) atoms. The van der Waals surface area contributed by atoms with Gasteiger partial charge in [0, 0.05) is 18.6 Å². The van der Waals surface area contributed by atoms with Crippen molar-refractivity contribution in [1.82, 2.24) is 44.1 Å². The van der Waals surface area contributed by atoms with Crippen LogP contribution in [0.1, 0.15) is 10.7 Å². The highest BCUT2D eigenvalue weighted by atomic mass is 32.1. The van der Waals surface area contributed by atoms with Crippen LogP contribution in [0.25, 0.3) is 21.3 Å². The van der Waals surface area contributed by atoms with E-state index in [1.807, 2.05) is 7.05 Å². The SMILES string of the molecule is Cn1c2nc(Cn3cncn3)sc2c2cnn(Cc3ccnc(N)n3)c(=O)c21. The van der Waals surface area contributed by atoms with Crippen molar-refractivity contribution in [2.75, 3.05) is 5.73 Å². The number of nitrogens with two attached hydrogens (primary N) is 1. The van der Waals surface area contributed by atoms with Crippen LogP contribution in [0, 0.1) is 0 Å². The van der Waals surface area contributed by atoms with E-state index in [4.69, 9.17) is 5.73 Å². The molecule has 0 atom stereocenters. The summed E-state index contributed by atoms with van der Waals surface area (Å²) in [6.45, 7) is 0.742. The number of rotatable bonds is 4. The van der Waals surface area contributed by atoms with Crippen molar-refractivity contribution >= 4 is 38.5 Å². The molecule has 2 N–H and O–H groups in total. The summed E-state index contributed by atoms with van der Waals surface area (Å²) >= 11 is 1.52. The average molecular weight is 394 g/mol. The number of fused-ring (bicyclic) bond motifs is 3. The van der Waals surface area contributed by atoms with Gasteiger partial charge in [0.15, 0.2) is 5.65 Å². The van der Waals surface area contributed by atoms with Gasteiger partial charge in [-0.2, -0.15) is 10.2 Å². The molecule has 5 heterocycles. The minimum atomic E-state index is -0.208. The Morgan fingerprint density at radius 2 is 2.11 bits per heavy atom. The Balaban J connectivity index is 1.59. The van der Waals surface area contributed by atoms with Crippen LogP contribution in [0.15, 0.2) is 35.9 Å². The van der Waals surface area contributed by atoms with Gasteiger partial charge in [-0.1, -0.05) is 0 Å². The number of anilines is 1. The van der Waals surface area contributed by atoms with E-state index in [1.165, 1.54) is 22.3 Å². The monoisotopic (exact) mass is 394 g/mol. The molecule has 5 rings (SSSR count). The van der Waals surface area contributed by atoms with Crippen molar-refractivity contribution in [1.29, 1.82) is 0 Å². The first-order valence-electron chi connectivity index (χ1n) is 8.34. The van der Waals surface area contributed by atoms with Gasteiger partial charge < -0.3 is 10.3 Å². The summed E-state index contributed by atoms with van der Waals surface area (Å²) in [5.41, 5.74) is 7.32. The number of aromatic nitrogens is 9. The van der Waals surface area contributed by atoms with E-state index in [0.29, 0.717) is 17.8 Å². The van der Waals surface area contributed by atoms with Crippen molar-refractivity contribution in [2.24, 2.45) is 7.05 Å². The number of nitrogens with zero attached hydrogens (tertiary/aromatic N) is 9. The van der Waals surface area contributed by atoms with E-state index >= 15 is 0 Å². The third-order valence-electron chi connectivity index (χ3n) is 4.38. The molecule has 0 aliphatic heterocycles. The van der Waals surface area contributed by atoms with E-state index in [9.17, 15) is 4.79 Å². The Bertz CT molecular complexity index is 1360. The molecule has 0 aliphatic carbocycles. The lowest BCUT2D eigenvalue weighted by Crippen LogP contribution is -2.25. The summed E-state index contributed by atoms with van der Waals surface area (Å²) < 4.78 is 5.80. The van der Waals surface area contributed by atoms with Crippen LogP contribution in [0.4, 0.5) is 5.95 Å². The molecule has 0 bridgehead atoms. The van der Waals surface area contributed by atoms with Crippen LogP contribution in [0.2, 0.25) is 0 Å². The largest absolute Gasteiger partial charge is 0.368 e. The smallest absolute Gasteiger partial charge is 0.291 e. The van der Waals surface area contributed by atoms with Gasteiger partial charge in [0.2, 0.25) is 5.95 Å². The van der Waals surface area contributed by atoms with Gasteiger partial charge in [0.25, 0.3) is 5.56 Å². The predicted octanol–water partition coefficient (Wildman–Crippen LogP) is 0.405. The highest BCUT2D eigenvalue weighted by Gasteiger charge is 2.18. The molecule has 0 amide bonds. The van der Waals surface area contributed by atoms with Crippen LogP contribution in [0.3, 0.4) is 0 Å². The topological polar surface area (TPSA) is 135 Å². The lowest BCUT2D eigenvalue weighted by atomic mass is 10.3. The first-order valence-corrected chi connectivity index (χ1v) is 9.15. The first-order chi connectivity index (χ1) is 13.6. The quantitative estimate of drug-likeness (QED) is 0.463. The maximum absolute atomic E-state index is 13.0. The number of nitrogen functional groups attached to an aromatic ring is 1. The first kappa shape index (κ1) is 16.5. The second-order valence-electron chi connectivity index (χ2n) is 6.19. The van der Waals surface area contributed by atoms with Crippen LogP contribution in [-0.2, 0) is 20.1 Å². The third-order valence-corrected chi connectivity index (χ3v) is 5.44.